The SMILES string of the molecule is CCCCNC(=NC)NCCCN1C(=O)COc2ccccc21. The largest absolute Gasteiger partial charge is 0.482 e. The molecule has 1 heterocycles. The molecular weight excluding hydrogens is 292 g/mol. The zero-order valence-corrected chi connectivity index (χ0v) is 14.0. The van der Waals surface area contributed by atoms with Crippen LogP contribution >= 0.6 is 0 Å². The topological polar surface area (TPSA) is 66.0 Å². The van der Waals surface area contributed by atoms with Gasteiger partial charge in [0.05, 0.1) is 5.69 Å². The molecule has 0 aromatic heterocycles. The van der Waals surface area contributed by atoms with E-state index in [4.69, 9.17) is 4.74 Å². The Kier molecular flexibility index (Phi) is 6.72. The van der Waals surface area contributed by atoms with Crippen molar-refractivity contribution in [2.75, 3.05) is 38.2 Å². The highest BCUT2D eigenvalue weighted by Gasteiger charge is 2.24. The number of ether oxygens (including phenoxy) is 1. The fraction of sp³-hybridized carbons (Fsp3) is 0.529. The smallest absolute Gasteiger partial charge is 0.265 e. The highest BCUT2D eigenvalue weighted by atomic mass is 16.5. The number of para-hydroxylation sites is 2. The monoisotopic (exact) mass is 318 g/mol. The molecule has 6 heteroatoms. The number of carbonyl (C=O) groups excluding carboxylic acids is 1. The van der Waals surface area contributed by atoms with Gasteiger partial charge in [0.25, 0.3) is 5.91 Å². The number of anilines is 1. The van der Waals surface area contributed by atoms with E-state index in [2.05, 4.69) is 22.5 Å². The van der Waals surface area contributed by atoms with Gasteiger partial charge in [0.15, 0.2) is 12.6 Å². The maximum absolute atomic E-state index is 12.1. The molecular formula is C17H26N4O2. The quantitative estimate of drug-likeness (QED) is 0.457. The predicted molar refractivity (Wildman–Crippen MR) is 93.2 cm³/mol. The average molecular weight is 318 g/mol. The summed E-state index contributed by atoms with van der Waals surface area (Å²) in [6.45, 7) is 4.63. The number of benzene rings is 1. The molecule has 0 saturated carbocycles. The second-order valence-electron chi connectivity index (χ2n) is 5.43. The standard InChI is InChI=1S/C17H26N4O2/c1-3-4-10-19-17(18-2)20-11-7-12-21-14-8-5-6-9-15(14)23-13-16(21)22/h5-6,8-9H,3-4,7,10-13H2,1-2H3,(H2,18,19,20). The van der Waals surface area contributed by atoms with Gasteiger partial charge in [-0.25, -0.2) is 0 Å². The van der Waals surface area contributed by atoms with Crippen molar-refractivity contribution in [1.29, 1.82) is 0 Å². The molecule has 0 saturated heterocycles. The van der Waals surface area contributed by atoms with E-state index >= 15 is 0 Å². The van der Waals surface area contributed by atoms with E-state index in [9.17, 15) is 4.79 Å². The maximum Gasteiger partial charge on any atom is 0.265 e. The van der Waals surface area contributed by atoms with Gasteiger partial charge < -0.3 is 20.3 Å². The van der Waals surface area contributed by atoms with Crippen molar-refractivity contribution in [2.45, 2.75) is 26.2 Å². The van der Waals surface area contributed by atoms with Crippen LogP contribution in [0, 0.1) is 0 Å². The molecule has 1 amide bonds. The summed E-state index contributed by atoms with van der Waals surface area (Å²) >= 11 is 0. The summed E-state index contributed by atoms with van der Waals surface area (Å²) in [4.78, 5) is 18.0. The zero-order chi connectivity index (χ0) is 16.5. The van der Waals surface area contributed by atoms with Crippen molar-refractivity contribution in [2.24, 2.45) is 4.99 Å². The summed E-state index contributed by atoms with van der Waals surface area (Å²) in [6.07, 6.45) is 3.12. The minimum absolute atomic E-state index is 0.00847. The third-order valence-electron chi connectivity index (χ3n) is 3.71. The number of hydrogen-bond acceptors (Lipinski definition) is 3. The Labute approximate surface area is 137 Å². The number of aliphatic imine (C=N–C) groups is 1. The minimum Gasteiger partial charge on any atom is -0.482 e. The third kappa shape index (κ3) is 4.87. The summed E-state index contributed by atoms with van der Waals surface area (Å²) in [5, 5.41) is 6.55. The van der Waals surface area contributed by atoms with Gasteiger partial charge in [-0.15, -0.1) is 0 Å². The average Bonchev–Trinajstić information content (AvgIpc) is 2.58. The molecule has 0 fully saturated rings. The second kappa shape index (κ2) is 9.02. The zero-order valence-electron chi connectivity index (χ0n) is 14.0. The van der Waals surface area contributed by atoms with Gasteiger partial charge in [-0.1, -0.05) is 25.5 Å². The van der Waals surface area contributed by atoms with E-state index in [0.29, 0.717) is 6.54 Å². The second-order valence-corrected chi connectivity index (χ2v) is 5.43. The summed E-state index contributed by atoms with van der Waals surface area (Å²) in [5.74, 6) is 1.60. The fourth-order valence-corrected chi connectivity index (χ4v) is 2.45. The molecule has 0 unspecified atom stereocenters. The molecule has 1 aliphatic rings. The molecule has 1 aromatic rings. The van der Waals surface area contributed by atoms with Crippen LogP contribution in [0.1, 0.15) is 26.2 Å². The first-order chi connectivity index (χ1) is 11.3. The lowest BCUT2D eigenvalue weighted by molar-refractivity contribution is -0.121. The van der Waals surface area contributed by atoms with Crippen molar-refractivity contribution in [3.8, 4) is 5.75 Å². The first-order valence-electron chi connectivity index (χ1n) is 8.23. The van der Waals surface area contributed by atoms with Crippen LogP contribution in [0.15, 0.2) is 29.3 Å². The number of nitrogens with zero attached hydrogens (tertiary/aromatic N) is 2. The van der Waals surface area contributed by atoms with Crippen LogP contribution < -0.4 is 20.3 Å². The first kappa shape index (κ1) is 17.1. The number of rotatable bonds is 7. The number of carbonyl (C=O) groups is 1. The minimum atomic E-state index is 0.00847. The van der Waals surface area contributed by atoms with E-state index in [1.807, 2.05) is 24.3 Å². The van der Waals surface area contributed by atoms with E-state index in [1.54, 1.807) is 11.9 Å². The highest BCUT2D eigenvalue weighted by molar-refractivity contribution is 5.97. The fourth-order valence-electron chi connectivity index (χ4n) is 2.45. The van der Waals surface area contributed by atoms with Crippen LogP contribution in [0.25, 0.3) is 0 Å². The number of unbranched alkanes of at least 4 members (excludes halogenated alkanes) is 1. The number of guanidine groups is 1. The molecule has 0 atom stereocenters. The van der Waals surface area contributed by atoms with E-state index < -0.39 is 0 Å². The van der Waals surface area contributed by atoms with E-state index in [1.165, 1.54) is 0 Å². The Morgan fingerprint density at radius 2 is 2.00 bits per heavy atom. The van der Waals surface area contributed by atoms with Crippen molar-refractivity contribution in [1.82, 2.24) is 10.6 Å². The molecule has 1 aliphatic heterocycles. The van der Waals surface area contributed by atoms with Gasteiger partial charge in [0.1, 0.15) is 5.75 Å². The van der Waals surface area contributed by atoms with Crippen LogP contribution in [0.5, 0.6) is 5.75 Å². The molecule has 2 N–H and O–H groups in total. The Hall–Kier alpha value is -2.24. The molecule has 2 rings (SSSR count). The Bertz CT molecular complexity index is 545. The van der Waals surface area contributed by atoms with Crippen LogP contribution in [-0.2, 0) is 4.79 Å². The molecule has 23 heavy (non-hydrogen) atoms. The Balaban J connectivity index is 1.79. The summed E-state index contributed by atoms with van der Waals surface area (Å²) < 4.78 is 5.45. The van der Waals surface area contributed by atoms with Crippen molar-refractivity contribution in [3.05, 3.63) is 24.3 Å². The van der Waals surface area contributed by atoms with Gasteiger partial charge in [0.2, 0.25) is 0 Å². The normalized spacial score (nSPS) is 14.3. The van der Waals surface area contributed by atoms with Crippen molar-refractivity contribution in [3.63, 3.8) is 0 Å². The first-order valence-corrected chi connectivity index (χ1v) is 8.23. The highest BCUT2D eigenvalue weighted by Crippen LogP contribution is 2.31. The molecule has 126 valence electrons. The summed E-state index contributed by atoms with van der Waals surface area (Å²) in [5.41, 5.74) is 0.856. The molecule has 0 bridgehead atoms. The third-order valence-corrected chi connectivity index (χ3v) is 3.71. The molecule has 6 nitrogen and oxygen atoms in total. The molecule has 0 radical (unpaired) electrons. The lowest BCUT2D eigenvalue weighted by Crippen LogP contribution is -2.42. The van der Waals surface area contributed by atoms with Gasteiger partial charge in [-0.2, -0.15) is 0 Å². The molecule has 0 aliphatic carbocycles. The van der Waals surface area contributed by atoms with Gasteiger partial charge in [-0.05, 0) is 25.0 Å². The number of nitrogens with one attached hydrogen (secondary N) is 2. The van der Waals surface area contributed by atoms with Gasteiger partial charge >= 0.3 is 0 Å². The maximum atomic E-state index is 12.1. The summed E-state index contributed by atoms with van der Waals surface area (Å²) in [6, 6.07) is 7.66. The lowest BCUT2D eigenvalue weighted by Gasteiger charge is -2.29. The predicted octanol–water partition coefficient (Wildman–Crippen LogP) is 1.77. The van der Waals surface area contributed by atoms with Crippen LogP contribution in [0.4, 0.5) is 5.69 Å². The van der Waals surface area contributed by atoms with E-state index in [-0.39, 0.29) is 12.5 Å². The van der Waals surface area contributed by atoms with Crippen LogP contribution in [0.2, 0.25) is 0 Å². The van der Waals surface area contributed by atoms with Crippen LogP contribution in [0.3, 0.4) is 0 Å². The number of hydrogen-bond donors (Lipinski definition) is 2. The lowest BCUT2D eigenvalue weighted by atomic mass is 10.2. The Morgan fingerprint density at radius 3 is 2.74 bits per heavy atom. The van der Waals surface area contributed by atoms with Gasteiger partial charge in [0, 0.05) is 26.7 Å². The van der Waals surface area contributed by atoms with Crippen LogP contribution in [-0.4, -0.2) is 45.2 Å². The van der Waals surface area contributed by atoms with Crippen molar-refractivity contribution < 1.29 is 9.53 Å². The van der Waals surface area contributed by atoms with Crippen molar-refractivity contribution >= 4 is 17.6 Å². The van der Waals surface area contributed by atoms with E-state index in [0.717, 1.165) is 49.7 Å². The number of amides is 1. The summed E-state index contributed by atoms with van der Waals surface area (Å²) in [7, 11) is 1.77. The number of fused-ring (bicyclic) bond motifs is 1. The van der Waals surface area contributed by atoms with Gasteiger partial charge in [-0.3, -0.25) is 9.79 Å². The Morgan fingerprint density at radius 1 is 1.26 bits per heavy atom. The molecule has 0 spiro atoms. The molecule has 1 aromatic carbocycles.